The second-order valence-corrected chi connectivity index (χ2v) is 17.8. The number of nitrogens with zero attached hydrogens (tertiary/aromatic N) is 1. The Balaban J connectivity index is 1.05. The van der Waals surface area contributed by atoms with E-state index in [1.54, 1.807) is 0 Å². The summed E-state index contributed by atoms with van der Waals surface area (Å²) in [6, 6.07) is 87.7. The van der Waals surface area contributed by atoms with Crippen molar-refractivity contribution in [2.24, 2.45) is 0 Å². The minimum atomic E-state index is -0.439. The third kappa shape index (κ3) is 5.35. The summed E-state index contributed by atoms with van der Waals surface area (Å²) in [5.74, 6) is 0. The van der Waals surface area contributed by atoms with E-state index >= 15 is 0 Å². The van der Waals surface area contributed by atoms with Crippen LogP contribution in [0.3, 0.4) is 0 Å². The van der Waals surface area contributed by atoms with Crippen molar-refractivity contribution < 1.29 is 0 Å². The molecule has 2 aliphatic rings. The summed E-state index contributed by atoms with van der Waals surface area (Å²) in [4.78, 5) is 2.54. The molecule has 2 aliphatic carbocycles. The van der Waals surface area contributed by atoms with Gasteiger partial charge in [0.25, 0.3) is 0 Å². The molecule has 0 N–H and O–H groups in total. The third-order valence-electron chi connectivity index (χ3n) is 13.5. The van der Waals surface area contributed by atoms with Gasteiger partial charge in [0.2, 0.25) is 0 Å². The Morgan fingerprint density at radius 2 is 0.794 bits per heavy atom. The van der Waals surface area contributed by atoms with Gasteiger partial charge < -0.3 is 4.90 Å². The lowest BCUT2D eigenvalue weighted by Gasteiger charge is -2.32. The normalized spacial score (nSPS) is 12.9. The molecule has 13 rings (SSSR count). The van der Waals surface area contributed by atoms with Crippen molar-refractivity contribution in [3.8, 4) is 55.6 Å². The Morgan fingerprint density at radius 1 is 0.317 bits per heavy atom. The van der Waals surface area contributed by atoms with Gasteiger partial charge in [-0.3, -0.25) is 0 Å². The lowest BCUT2D eigenvalue weighted by atomic mass is 9.70. The number of anilines is 3. The first kappa shape index (κ1) is 35.9. The minimum Gasteiger partial charge on any atom is -0.308 e. The van der Waals surface area contributed by atoms with E-state index in [-0.39, 0.29) is 0 Å². The van der Waals surface area contributed by atoms with E-state index in [4.69, 9.17) is 0 Å². The molecule has 0 fully saturated rings. The summed E-state index contributed by atoms with van der Waals surface area (Å²) < 4.78 is 2.56. The average molecular weight is 818 g/mol. The first-order valence-corrected chi connectivity index (χ1v) is 22.6. The maximum Gasteiger partial charge on any atom is 0.0726 e. The van der Waals surface area contributed by atoms with Crippen LogP contribution >= 0.6 is 11.3 Å². The molecular formula is C61H39NS. The predicted molar refractivity (Wildman–Crippen MR) is 267 cm³/mol. The lowest BCUT2D eigenvalue weighted by molar-refractivity contribution is 0.794. The van der Waals surface area contributed by atoms with Crippen LogP contribution in [0.2, 0.25) is 0 Å². The summed E-state index contributed by atoms with van der Waals surface area (Å²) >= 11 is 1.89. The third-order valence-corrected chi connectivity index (χ3v) is 14.7. The molecule has 1 heterocycles. The molecule has 0 saturated heterocycles. The molecular weight excluding hydrogens is 779 g/mol. The van der Waals surface area contributed by atoms with Crippen LogP contribution in [0.15, 0.2) is 237 Å². The molecule has 11 aromatic rings. The molecule has 10 aromatic carbocycles. The minimum absolute atomic E-state index is 0.439. The van der Waals surface area contributed by atoms with Crippen LogP contribution in [0.25, 0.3) is 75.8 Å². The first-order valence-electron chi connectivity index (χ1n) is 21.8. The molecule has 0 atom stereocenters. The Hall–Kier alpha value is -7.78. The molecule has 63 heavy (non-hydrogen) atoms. The Labute approximate surface area is 371 Å². The molecule has 0 amide bonds. The summed E-state index contributed by atoms with van der Waals surface area (Å²) in [7, 11) is 0. The van der Waals surface area contributed by atoms with Crippen LogP contribution in [0, 0.1) is 0 Å². The van der Waals surface area contributed by atoms with Crippen molar-refractivity contribution in [1.82, 2.24) is 0 Å². The van der Waals surface area contributed by atoms with E-state index in [0.29, 0.717) is 0 Å². The zero-order chi connectivity index (χ0) is 41.5. The van der Waals surface area contributed by atoms with Crippen molar-refractivity contribution in [2.45, 2.75) is 5.41 Å². The van der Waals surface area contributed by atoms with Crippen LogP contribution in [0.5, 0.6) is 0 Å². The summed E-state index contributed by atoms with van der Waals surface area (Å²) in [6.45, 7) is 0. The van der Waals surface area contributed by atoms with Gasteiger partial charge in [-0.05, 0) is 115 Å². The Morgan fingerprint density at radius 3 is 1.46 bits per heavy atom. The van der Waals surface area contributed by atoms with Gasteiger partial charge in [-0.2, -0.15) is 0 Å². The monoisotopic (exact) mass is 817 g/mol. The molecule has 0 unspecified atom stereocenters. The van der Waals surface area contributed by atoms with Gasteiger partial charge in [-0.25, -0.2) is 0 Å². The van der Waals surface area contributed by atoms with Gasteiger partial charge in [0.05, 0.1) is 21.5 Å². The highest BCUT2D eigenvalue weighted by atomic mass is 32.1. The van der Waals surface area contributed by atoms with E-state index in [9.17, 15) is 0 Å². The van der Waals surface area contributed by atoms with Crippen molar-refractivity contribution >= 4 is 48.6 Å². The average Bonchev–Trinajstić information content (AvgIpc) is 4.00. The smallest absolute Gasteiger partial charge is 0.0726 e. The van der Waals surface area contributed by atoms with Gasteiger partial charge >= 0.3 is 0 Å². The molecule has 1 spiro atoms. The molecule has 294 valence electrons. The van der Waals surface area contributed by atoms with Gasteiger partial charge in [0, 0.05) is 26.7 Å². The summed E-state index contributed by atoms with van der Waals surface area (Å²) in [5.41, 5.74) is 20.9. The van der Waals surface area contributed by atoms with Crippen LogP contribution in [-0.4, -0.2) is 0 Å². The number of hydrogen-bond acceptors (Lipinski definition) is 2. The Bertz CT molecular complexity index is 3520. The molecule has 0 saturated carbocycles. The maximum absolute atomic E-state index is 2.54. The van der Waals surface area contributed by atoms with Crippen molar-refractivity contribution in [3.05, 3.63) is 259 Å². The number of fused-ring (bicyclic) bond motifs is 13. The molecule has 1 aromatic heterocycles. The first-order chi connectivity index (χ1) is 31.3. The fourth-order valence-corrected chi connectivity index (χ4v) is 12.0. The number of thiophene rings is 1. The highest BCUT2D eigenvalue weighted by molar-refractivity contribution is 7.26. The second kappa shape index (κ2) is 14.1. The lowest BCUT2D eigenvalue weighted by Crippen LogP contribution is -2.26. The van der Waals surface area contributed by atoms with Gasteiger partial charge in [-0.15, -0.1) is 11.3 Å². The standard InChI is InChI=1S/C61H39NS/c1-3-16-40(17-4-1)43-20-13-21-44(38-43)42-32-35-46(36-33-42)62(57-31-14-25-49-51-39-45(41-18-5-2-6-19-41)34-37-58(51)63-60(49)57)56-30-15-29-55-59(56)50-24-9-12-28-54(50)61(55)52-26-10-7-22-47(52)48-23-8-11-27-53(48)61/h1-39H. The SMILES string of the molecule is c1ccc(-c2cccc(-c3ccc(N(c4cccc5c4-c4ccccc4C54c5ccccc5-c5ccccc54)c4cccc5c4sc4ccc(-c6ccccc6)cc45)cc3)c2)cc1. The number of rotatable bonds is 6. The summed E-state index contributed by atoms with van der Waals surface area (Å²) in [6.07, 6.45) is 0. The van der Waals surface area contributed by atoms with Gasteiger partial charge in [-0.1, -0.05) is 194 Å². The van der Waals surface area contributed by atoms with Crippen LogP contribution < -0.4 is 4.90 Å². The molecule has 0 bridgehead atoms. The zero-order valence-electron chi connectivity index (χ0n) is 34.4. The topological polar surface area (TPSA) is 3.24 Å². The maximum atomic E-state index is 2.54. The molecule has 0 aliphatic heterocycles. The molecule has 1 nitrogen and oxygen atoms in total. The fourth-order valence-electron chi connectivity index (χ4n) is 10.8. The predicted octanol–water partition coefficient (Wildman–Crippen LogP) is 16.9. The van der Waals surface area contributed by atoms with E-state index in [0.717, 1.165) is 5.69 Å². The van der Waals surface area contributed by atoms with Crippen LogP contribution in [0.4, 0.5) is 17.1 Å². The second-order valence-electron chi connectivity index (χ2n) is 16.7. The highest BCUT2D eigenvalue weighted by Crippen LogP contribution is 2.65. The number of hydrogen-bond donors (Lipinski definition) is 0. The van der Waals surface area contributed by atoms with E-state index < -0.39 is 5.41 Å². The largest absolute Gasteiger partial charge is 0.308 e. The van der Waals surface area contributed by atoms with Gasteiger partial charge in [0.15, 0.2) is 0 Å². The Kier molecular flexibility index (Phi) is 8.06. The van der Waals surface area contributed by atoms with Crippen molar-refractivity contribution in [3.63, 3.8) is 0 Å². The van der Waals surface area contributed by atoms with E-state index in [2.05, 4.69) is 241 Å². The van der Waals surface area contributed by atoms with Crippen molar-refractivity contribution in [2.75, 3.05) is 4.90 Å². The van der Waals surface area contributed by atoms with Crippen LogP contribution in [-0.2, 0) is 5.41 Å². The fraction of sp³-hybridized carbons (Fsp3) is 0.0164. The van der Waals surface area contributed by atoms with Crippen LogP contribution in [0.1, 0.15) is 22.3 Å². The van der Waals surface area contributed by atoms with E-state index in [1.807, 2.05) is 11.3 Å². The van der Waals surface area contributed by atoms with Gasteiger partial charge in [0.1, 0.15) is 0 Å². The zero-order valence-corrected chi connectivity index (χ0v) is 35.2. The molecule has 0 radical (unpaired) electrons. The van der Waals surface area contributed by atoms with E-state index in [1.165, 1.54) is 109 Å². The van der Waals surface area contributed by atoms with Crippen molar-refractivity contribution in [1.29, 1.82) is 0 Å². The quantitative estimate of drug-likeness (QED) is 0.162. The highest BCUT2D eigenvalue weighted by Gasteiger charge is 2.52. The number of benzene rings is 10. The molecule has 2 heteroatoms. The summed E-state index contributed by atoms with van der Waals surface area (Å²) in [5, 5.41) is 2.56.